The molecule has 2 amide bonds. The van der Waals surface area contributed by atoms with Crippen molar-refractivity contribution in [3.63, 3.8) is 0 Å². The molecule has 2 aromatic carbocycles. The molecule has 3 rings (SSSR count). The molecule has 2 aromatic rings. The highest BCUT2D eigenvalue weighted by molar-refractivity contribution is 5.99. The zero-order valence-electron chi connectivity index (χ0n) is 12.3. The zero-order valence-corrected chi connectivity index (χ0v) is 12.3. The first-order chi connectivity index (χ1) is 10.8. The summed E-state index contributed by atoms with van der Waals surface area (Å²) in [5, 5.41) is 3.16. The van der Waals surface area contributed by atoms with Crippen LogP contribution in [0.15, 0.2) is 60.7 Å². The van der Waals surface area contributed by atoms with Crippen molar-refractivity contribution in [2.45, 2.75) is 12.8 Å². The normalized spacial score (nSPS) is 14.7. The van der Waals surface area contributed by atoms with Gasteiger partial charge in [-0.25, -0.2) is 10.0 Å². The van der Waals surface area contributed by atoms with Crippen LogP contribution in [0.3, 0.4) is 0 Å². The van der Waals surface area contributed by atoms with Gasteiger partial charge in [0.2, 0.25) is 0 Å². The monoisotopic (exact) mass is 294 g/mol. The molecule has 0 saturated carbocycles. The summed E-state index contributed by atoms with van der Waals surface area (Å²) in [6.07, 6.45) is 1.83. The van der Waals surface area contributed by atoms with Crippen LogP contribution in [0.2, 0.25) is 0 Å². The Labute approximate surface area is 129 Å². The first-order valence-electron chi connectivity index (χ1n) is 7.51. The third kappa shape index (κ3) is 2.86. The Morgan fingerprint density at radius 2 is 1.00 bits per heavy atom. The smallest absolute Gasteiger partial charge is 0.267 e. The lowest BCUT2D eigenvalue weighted by Gasteiger charge is -2.38. The molecule has 4 nitrogen and oxygen atoms in total. The van der Waals surface area contributed by atoms with Crippen LogP contribution >= 0.6 is 0 Å². The summed E-state index contributed by atoms with van der Waals surface area (Å²) in [6, 6.07) is 18.2. The molecule has 1 heterocycles. The highest BCUT2D eigenvalue weighted by Crippen LogP contribution is 2.18. The molecule has 0 radical (unpaired) electrons. The zero-order chi connectivity index (χ0) is 15.4. The number of hydrogen-bond donors (Lipinski definition) is 0. The van der Waals surface area contributed by atoms with Gasteiger partial charge in [-0.1, -0.05) is 36.4 Å². The predicted molar refractivity (Wildman–Crippen MR) is 84.2 cm³/mol. The van der Waals surface area contributed by atoms with Gasteiger partial charge in [0.15, 0.2) is 0 Å². The first kappa shape index (κ1) is 14.3. The molecule has 0 unspecified atom stereocenters. The minimum Gasteiger partial charge on any atom is -0.267 e. The number of benzene rings is 2. The third-order valence-electron chi connectivity index (χ3n) is 3.79. The van der Waals surface area contributed by atoms with E-state index in [9.17, 15) is 9.59 Å². The number of hydrazine groups is 1. The van der Waals surface area contributed by atoms with Gasteiger partial charge in [-0.05, 0) is 37.1 Å². The van der Waals surface area contributed by atoms with Gasteiger partial charge >= 0.3 is 0 Å². The molecule has 0 spiro atoms. The highest BCUT2D eigenvalue weighted by atomic mass is 16.2. The van der Waals surface area contributed by atoms with Crippen LogP contribution in [-0.2, 0) is 0 Å². The Kier molecular flexibility index (Phi) is 4.19. The standard InChI is InChI=1S/C18H18N2O2/c21-17(15-9-3-1-4-10-15)19-13-7-8-14-20(19)18(22)16-11-5-2-6-12-16/h1-6,9-12H,7-8,13-14H2. The maximum atomic E-state index is 12.7. The van der Waals surface area contributed by atoms with E-state index in [0.717, 1.165) is 12.8 Å². The van der Waals surface area contributed by atoms with Crippen molar-refractivity contribution in [2.24, 2.45) is 0 Å². The fourth-order valence-electron chi connectivity index (χ4n) is 2.65. The summed E-state index contributed by atoms with van der Waals surface area (Å²) in [5.41, 5.74) is 1.21. The highest BCUT2D eigenvalue weighted by Gasteiger charge is 2.29. The number of carbonyl (C=O) groups is 2. The average Bonchev–Trinajstić information content (AvgIpc) is 2.62. The molecule has 1 aliphatic rings. The summed E-state index contributed by atoms with van der Waals surface area (Å²) in [5.74, 6) is -0.242. The van der Waals surface area contributed by atoms with Gasteiger partial charge < -0.3 is 0 Å². The number of nitrogens with zero attached hydrogens (tertiary/aromatic N) is 2. The second-order valence-corrected chi connectivity index (χ2v) is 5.30. The maximum absolute atomic E-state index is 12.7. The second-order valence-electron chi connectivity index (χ2n) is 5.30. The lowest BCUT2D eigenvalue weighted by Crippen LogP contribution is -2.53. The summed E-state index contributed by atoms with van der Waals surface area (Å²) in [7, 11) is 0. The van der Waals surface area contributed by atoms with Crippen molar-refractivity contribution < 1.29 is 9.59 Å². The van der Waals surface area contributed by atoms with Gasteiger partial charge in [-0.15, -0.1) is 0 Å². The van der Waals surface area contributed by atoms with E-state index in [-0.39, 0.29) is 11.8 Å². The summed E-state index contributed by atoms with van der Waals surface area (Å²) in [6.45, 7) is 1.15. The molecule has 1 aliphatic heterocycles. The van der Waals surface area contributed by atoms with Crippen molar-refractivity contribution in [3.05, 3.63) is 71.8 Å². The van der Waals surface area contributed by atoms with E-state index in [1.54, 1.807) is 34.3 Å². The van der Waals surface area contributed by atoms with E-state index in [1.807, 2.05) is 36.4 Å². The number of amides is 2. The van der Waals surface area contributed by atoms with Crippen molar-refractivity contribution in [2.75, 3.05) is 13.1 Å². The largest absolute Gasteiger partial charge is 0.272 e. The van der Waals surface area contributed by atoms with Crippen LogP contribution in [0.5, 0.6) is 0 Å². The van der Waals surface area contributed by atoms with E-state index in [1.165, 1.54) is 0 Å². The molecule has 4 heteroatoms. The Hall–Kier alpha value is -2.62. The molecule has 0 N–H and O–H groups in total. The third-order valence-corrected chi connectivity index (χ3v) is 3.79. The minimum absolute atomic E-state index is 0.121. The lowest BCUT2D eigenvalue weighted by molar-refractivity contribution is -0.0170. The summed E-state index contributed by atoms with van der Waals surface area (Å²) >= 11 is 0. The first-order valence-corrected chi connectivity index (χ1v) is 7.51. The molecule has 0 bridgehead atoms. The SMILES string of the molecule is O=C(c1ccccc1)N1CCCCN1C(=O)c1ccccc1. The van der Waals surface area contributed by atoms with Crippen molar-refractivity contribution in [3.8, 4) is 0 Å². The minimum atomic E-state index is -0.121. The second kappa shape index (κ2) is 6.43. The van der Waals surface area contributed by atoms with Gasteiger partial charge in [-0.3, -0.25) is 9.59 Å². The molecular formula is C18H18N2O2. The molecule has 1 saturated heterocycles. The van der Waals surface area contributed by atoms with E-state index < -0.39 is 0 Å². The van der Waals surface area contributed by atoms with Crippen molar-refractivity contribution >= 4 is 11.8 Å². The van der Waals surface area contributed by atoms with Gasteiger partial charge in [0.1, 0.15) is 0 Å². The van der Waals surface area contributed by atoms with Crippen LogP contribution in [0.4, 0.5) is 0 Å². The Morgan fingerprint density at radius 3 is 1.36 bits per heavy atom. The molecule has 22 heavy (non-hydrogen) atoms. The van der Waals surface area contributed by atoms with Crippen LogP contribution in [0.1, 0.15) is 33.6 Å². The molecule has 0 atom stereocenters. The quantitative estimate of drug-likeness (QED) is 0.854. The van der Waals surface area contributed by atoms with Crippen LogP contribution in [0.25, 0.3) is 0 Å². The van der Waals surface area contributed by atoms with Crippen LogP contribution in [-0.4, -0.2) is 34.9 Å². The maximum Gasteiger partial charge on any atom is 0.272 e. The Bertz CT molecular complexity index is 596. The van der Waals surface area contributed by atoms with Gasteiger partial charge in [0, 0.05) is 24.2 Å². The molecule has 0 aromatic heterocycles. The molecule has 0 aliphatic carbocycles. The van der Waals surface area contributed by atoms with E-state index in [2.05, 4.69) is 0 Å². The van der Waals surface area contributed by atoms with E-state index in [4.69, 9.17) is 0 Å². The van der Waals surface area contributed by atoms with Gasteiger partial charge in [0.05, 0.1) is 0 Å². The van der Waals surface area contributed by atoms with Crippen LogP contribution in [0, 0.1) is 0 Å². The van der Waals surface area contributed by atoms with Crippen molar-refractivity contribution in [1.29, 1.82) is 0 Å². The summed E-state index contributed by atoms with van der Waals surface area (Å²) < 4.78 is 0. The number of rotatable bonds is 2. The number of carbonyl (C=O) groups excluding carboxylic acids is 2. The molecular weight excluding hydrogens is 276 g/mol. The fraction of sp³-hybridized carbons (Fsp3) is 0.222. The lowest BCUT2D eigenvalue weighted by atomic mass is 10.1. The molecule has 112 valence electrons. The number of hydrogen-bond acceptors (Lipinski definition) is 2. The Balaban J connectivity index is 1.86. The Morgan fingerprint density at radius 1 is 0.636 bits per heavy atom. The predicted octanol–water partition coefficient (Wildman–Crippen LogP) is 2.98. The van der Waals surface area contributed by atoms with Gasteiger partial charge in [-0.2, -0.15) is 0 Å². The topological polar surface area (TPSA) is 40.6 Å². The van der Waals surface area contributed by atoms with E-state index >= 15 is 0 Å². The van der Waals surface area contributed by atoms with Gasteiger partial charge in [0.25, 0.3) is 11.8 Å². The van der Waals surface area contributed by atoms with Crippen LogP contribution < -0.4 is 0 Å². The molecule has 1 fully saturated rings. The van der Waals surface area contributed by atoms with Crippen molar-refractivity contribution in [1.82, 2.24) is 10.0 Å². The average molecular weight is 294 g/mol. The van der Waals surface area contributed by atoms with E-state index in [0.29, 0.717) is 24.2 Å². The fourth-order valence-corrected chi connectivity index (χ4v) is 2.65. The summed E-state index contributed by atoms with van der Waals surface area (Å²) in [4.78, 5) is 25.4.